The molecule has 0 bridgehead atoms. The molecule has 20 heavy (non-hydrogen) atoms. The van der Waals surface area contributed by atoms with Gasteiger partial charge < -0.3 is 10.1 Å². The van der Waals surface area contributed by atoms with Crippen LogP contribution in [0.25, 0.3) is 0 Å². The third kappa shape index (κ3) is 4.08. The van der Waals surface area contributed by atoms with Crippen LogP contribution in [-0.4, -0.2) is 13.7 Å². The normalized spacial score (nSPS) is 12.3. The molecule has 2 rings (SSSR count). The molecule has 108 valence electrons. The van der Waals surface area contributed by atoms with Gasteiger partial charge in [0.15, 0.2) is 0 Å². The van der Waals surface area contributed by atoms with E-state index in [1.54, 1.807) is 7.11 Å². The van der Waals surface area contributed by atoms with Gasteiger partial charge in [0, 0.05) is 21.8 Å². The highest BCUT2D eigenvalue weighted by Gasteiger charge is 2.16. The van der Waals surface area contributed by atoms with Crippen LogP contribution in [0.15, 0.2) is 40.2 Å². The molecule has 2 nitrogen and oxygen atoms in total. The molecule has 0 saturated carbocycles. The number of ether oxygens (including phenoxy) is 1. The van der Waals surface area contributed by atoms with Gasteiger partial charge in [0.25, 0.3) is 0 Å². The van der Waals surface area contributed by atoms with Crippen LogP contribution in [-0.2, 0) is 6.42 Å². The topological polar surface area (TPSA) is 21.3 Å². The Balaban J connectivity index is 2.24. The number of rotatable bonds is 7. The molecule has 0 amide bonds. The first-order valence-corrected chi connectivity index (χ1v) is 8.51. The molecule has 2 aromatic rings. The highest BCUT2D eigenvalue weighted by molar-refractivity contribution is 9.10. The van der Waals surface area contributed by atoms with Crippen molar-refractivity contribution in [3.05, 3.63) is 50.6 Å². The summed E-state index contributed by atoms with van der Waals surface area (Å²) in [6, 6.07) is 10.8. The number of benzene rings is 1. The van der Waals surface area contributed by atoms with Gasteiger partial charge in [-0.25, -0.2) is 0 Å². The zero-order chi connectivity index (χ0) is 14.4. The van der Waals surface area contributed by atoms with E-state index in [9.17, 15) is 0 Å². The molecular weight excluding hydrogens is 334 g/mol. The second-order valence-corrected chi connectivity index (χ2v) is 6.56. The second-order valence-electron chi connectivity index (χ2n) is 4.68. The van der Waals surface area contributed by atoms with Crippen LogP contribution in [0, 0.1) is 0 Å². The van der Waals surface area contributed by atoms with Crippen molar-refractivity contribution >= 4 is 27.3 Å². The van der Waals surface area contributed by atoms with E-state index in [0.29, 0.717) is 6.04 Å². The van der Waals surface area contributed by atoms with Gasteiger partial charge in [0.2, 0.25) is 0 Å². The fourth-order valence-electron chi connectivity index (χ4n) is 2.16. The Morgan fingerprint density at radius 1 is 1.35 bits per heavy atom. The van der Waals surface area contributed by atoms with Crippen LogP contribution in [0.5, 0.6) is 5.75 Å². The zero-order valence-corrected chi connectivity index (χ0v) is 14.3. The Morgan fingerprint density at radius 2 is 2.20 bits per heavy atom. The number of halogens is 1. The minimum atomic E-state index is 0.304. The summed E-state index contributed by atoms with van der Waals surface area (Å²) in [5, 5.41) is 5.77. The molecule has 1 N–H and O–H groups in total. The lowest BCUT2D eigenvalue weighted by Crippen LogP contribution is -2.24. The van der Waals surface area contributed by atoms with E-state index >= 15 is 0 Å². The maximum atomic E-state index is 5.35. The highest BCUT2D eigenvalue weighted by atomic mass is 79.9. The molecule has 4 heteroatoms. The summed E-state index contributed by atoms with van der Waals surface area (Å²) in [6.07, 6.45) is 2.13. The van der Waals surface area contributed by atoms with E-state index < -0.39 is 0 Å². The number of hydrogen-bond acceptors (Lipinski definition) is 3. The second kappa shape index (κ2) is 7.81. The summed E-state index contributed by atoms with van der Waals surface area (Å²) in [4.78, 5) is 1.40. The van der Waals surface area contributed by atoms with Gasteiger partial charge in [-0.05, 0) is 48.2 Å². The third-order valence-corrected chi connectivity index (χ3v) is 4.83. The summed E-state index contributed by atoms with van der Waals surface area (Å²) in [6.45, 7) is 3.20. The number of hydrogen-bond donors (Lipinski definition) is 1. The smallest absolute Gasteiger partial charge is 0.119 e. The van der Waals surface area contributed by atoms with Crippen LogP contribution in [0.4, 0.5) is 0 Å². The average molecular weight is 354 g/mol. The van der Waals surface area contributed by atoms with Crippen molar-refractivity contribution < 1.29 is 4.74 Å². The van der Waals surface area contributed by atoms with E-state index in [0.717, 1.165) is 29.6 Å². The number of nitrogens with one attached hydrogen (secondary N) is 1. The van der Waals surface area contributed by atoms with Crippen molar-refractivity contribution in [1.29, 1.82) is 0 Å². The summed E-state index contributed by atoms with van der Waals surface area (Å²) < 4.78 is 6.48. The molecule has 1 aromatic heterocycles. The van der Waals surface area contributed by atoms with Gasteiger partial charge in [0.05, 0.1) is 7.11 Å². The van der Waals surface area contributed by atoms with E-state index in [2.05, 4.69) is 57.8 Å². The SMILES string of the molecule is CCCNC(Cc1cccs1)c1cc(OC)ccc1Br. The quantitative estimate of drug-likeness (QED) is 0.771. The minimum absolute atomic E-state index is 0.304. The fourth-order valence-corrected chi connectivity index (χ4v) is 3.43. The molecule has 0 fully saturated rings. The van der Waals surface area contributed by atoms with E-state index in [4.69, 9.17) is 4.74 Å². The lowest BCUT2D eigenvalue weighted by Gasteiger charge is -2.20. The Hall–Kier alpha value is -0.840. The van der Waals surface area contributed by atoms with Crippen LogP contribution in [0.1, 0.15) is 29.8 Å². The Morgan fingerprint density at radius 3 is 2.85 bits per heavy atom. The zero-order valence-electron chi connectivity index (χ0n) is 11.9. The molecule has 0 saturated heterocycles. The molecule has 1 heterocycles. The van der Waals surface area contributed by atoms with Crippen molar-refractivity contribution in [3.63, 3.8) is 0 Å². The Bertz CT molecular complexity index is 527. The molecule has 0 aliphatic heterocycles. The molecule has 0 aliphatic carbocycles. The van der Waals surface area contributed by atoms with Gasteiger partial charge >= 0.3 is 0 Å². The van der Waals surface area contributed by atoms with Crippen LogP contribution < -0.4 is 10.1 Å². The Labute approximate surface area is 133 Å². The van der Waals surface area contributed by atoms with Gasteiger partial charge in [-0.2, -0.15) is 0 Å². The van der Waals surface area contributed by atoms with E-state index in [-0.39, 0.29) is 0 Å². The largest absolute Gasteiger partial charge is 0.497 e. The van der Waals surface area contributed by atoms with Gasteiger partial charge in [-0.1, -0.05) is 28.9 Å². The lowest BCUT2D eigenvalue weighted by molar-refractivity contribution is 0.412. The molecule has 1 unspecified atom stereocenters. The summed E-state index contributed by atoms with van der Waals surface area (Å²) in [7, 11) is 1.71. The van der Waals surface area contributed by atoms with E-state index in [1.165, 1.54) is 10.4 Å². The molecular formula is C16H20BrNOS. The fraction of sp³-hybridized carbons (Fsp3) is 0.375. The standard InChI is InChI=1S/C16H20BrNOS/c1-3-8-18-16(11-13-5-4-9-20-13)14-10-12(19-2)6-7-15(14)17/h4-7,9-10,16,18H,3,8,11H2,1-2H3. The summed E-state index contributed by atoms with van der Waals surface area (Å²) >= 11 is 5.47. The minimum Gasteiger partial charge on any atom is -0.497 e. The van der Waals surface area contributed by atoms with Crippen LogP contribution in [0.2, 0.25) is 0 Å². The first-order chi connectivity index (χ1) is 9.74. The van der Waals surface area contributed by atoms with Gasteiger partial charge in [0.1, 0.15) is 5.75 Å². The molecule has 0 radical (unpaired) electrons. The van der Waals surface area contributed by atoms with Gasteiger partial charge in [-0.3, -0.25) is 0 Å². The first kappa shape index (κ1) is 15.5. The summed E-state index contributed by atoms with van der Waals surface area (Å²) in [5.74, 6) is 0.901. The van der Waals surface area contributed by atoms with Crippen molar-refractivity contribution in [2.45, 2.75) is 25.8 Å². The van der Waals surface area contributed by atoms with E-state index in [1.807, 2.05) is 17.4 Å². The summed E-state index contributed by atoms with van der Waals surface area (Å²) in [5.41, 5.74) is 1.26. The molecule has 0 aliphatic rings. The predicted molar refractivity (Wildman–Crippen MR) is 89.8 cm³/mol. The van der Waals surface area contributed by atoms with Crippen LogP contribution >= 0.6 is 27.3 Å². The van der Waals surface area contributed by atoms with Crippen LogP contribution in [0.3, 0.4) is 0 Å². The molecule has 1 atom stereocenters. The maximum absolute atomic E-state index is 5.35. The monoisotopic (exact) mass is 353 g/mol. The predicted octanol–water partition coefficient (Wildman–Crippen LogP) is 4.80. The number of methoxy groups -OCH3 is 1. The van der Waals surface area contributed by atoms with Crippen molar-refractivity contribution in [3.8, 4) is 5.75 Å². The third-order valence-electron chi connectivity index (χ3n) is 3.20. The van der Waals surface area contributed by atoms with Crippen molar-refractivity contribution in [2.24, 2.45) is 0 Å². The van der Waals surface area contributed by atoms with Gasteiger partial charge in [-0.15, -0.1) is 11.3 Å². The number of thiophene rings is 1. The molecule has 1 aromatic carbocycles. The first-order valence-electron chi connectivity index (χ1n) is 6.83. The average Bonchev–Trinajstić information content (AvgIpc) is 2.97. The van der Waals surface area contributed by atoms with Crippen molar-refractivity contribution in [1.82, 2.24) is 5.32 Å². The Kier molecular flexibility index (Phi) is 6.07. The maximum Gasteiger partial charge on any atom is 0.119 e. The van der Waals surface area contributed by atoms with Crippen molar-refractivity contribution in [2.75, 3.05) is 13.7 Å². The molecule has 0 spiro atoms. The highest BCUT2D eigenvalue weighted by Crippen LogP contribution is 2.30. The lowest BCUT2D eigenvalue weighted by atomic mass is 10.0.